The van der Waals surface area contributed by atoms with Crippen LogP contribution in [0, 0.1) is 0 Å². The molecule has 0 radical (unpaired) electrons. The summed E-state index contributed by atoms with van der Waals surface area (Å²) in [6, 6.07) is 6.60. The lowest BCUT2D eigenvalue weighted by molar-refractivity contribution is -0.0498. The van der Waals surface area contributed by atoms with Crippen molar-refractivity contribution in [2.45, 2.75) is 19.6 Å². The second-order valence-corrected chi connectivity index (χ2v) is 3.45. The first-order valence-corrected chi connectivity index (χ1v) is 5.47. The molecule has 0 fully saturated rings. The lowest BCUT2D eigenvalue weighted by atomic mass is 10.1. The number of rotatable bonds is 7. The SMILES string of the molecule is CCOCC(NC)c1ccc(OC(F)F)cc1. The van der Waals surface area contributed by atoms with Gasteiger partial charge in [-0.05, 0) is 31.7 Å². The van der Waals surface area contributed by atoms with Gasteiger partial charge in [-0.1, -0.05) is 12.1 Å². The Labute approximate surface area is 99.7 Å². The summed E-state index contributed by atoms with van der Waals surface area (Å²) in [6.45, 7) is 0.323. The summed E-state index contributed by atoms with van der Waals surface area (Å²) in [4.78, 5) is 0. The molecule has 3 nitrogen and oxygen atoms in total. The molecule has 1 unspecified atom stereocenters. The molecule has 1 aromatic carbocycles. The van der Waals surface area contributed by atoms with Crippen molar-refractivity contribution in [2.24, 2.45) is 0 Å². The van der Waals surface area contributed by atoms with Crippen molar-refractivity contribution in [3.8, 4) is 5.75 Å². The van der Waals surface area contributed by atoms with E-state index in [0.29, 0.717) is 13.2 Å². The van der Waals surface area contributed by atoms with E-state index in [9.17, 15) is 8.78 Å². The van der Waals surface area contributed by atoms with Gasteiger partial charge >= 0.3 is 6.61 Å². The van der Waals surface area contributed by atoms with Crippen molar-refractivity contribution in [2.75, 3.05) is 20.3 Å². The van der Waals surface area contributed by atoms with Gasteiger partial charge in [0.15, 0.2) is 0 Å². The van der Waals surface area contributed by atoms with Gasteiger partial charge in [-0.15, -0.1) is 0 Å². The van der Waals surface area contributed by atoms with Crippen LogP contribution in [-0.4, -0.2) is 26.9 Å². The van der Waals surface area contributed by atoms with Gasteiger partial charge in [0.2, 0.25) is 0 Å². The van der Waals surface area contributed by atoms with Crippen LogP contribution in [0.5, 0.6) is 5.75 Å². The molecule has 0 aliphatic rings. The van der Waals surface area contributed by atoms with Crippen molar-refractivity contribution in [1.82, 2.24) is 5.32 Å². The number of halogens is 2. The number of ether oxygens (including phenoxy) is 2. The Morgan fingerprint density at radius 3 is 2.35 bits per heavy atom. The van der Waals surface area contributed by atoms with E-state index in [1.807, 2.05) is 14.0 Å². The van der Waals surface area contributed by atoms with Crippen LogP contribution < -0.4 is 10.1 Å². The molecule has 1 rings (SSSR count). The molecule has 0 aromatic heterocycles. The molecule has 5 heteroatoms. The van der Waals surface area contributed by atoms with Crippen LogP contribution in [0.25, 0.3) is 0 Å². The zero-order valence-electron chi connectivity index (χ0n) is 9.95. The Kier molecular flexibility index (Phi) is 5.86. The highest BCUT2D eigenvalue weighted by molar-refractivity contribution is 5.29. The van der Waals surface area contributed by atoms with Crippen LogP contribution in [0.2, 0.25) is 0 Å². The summed E-state index contributed by atoms with van der Waals surface area (Å²) in [5.41, 5.74) is 0.975. The van der Waals surface area contributed by atoms with Crippen molar-refractivity contribution in [3.05, 3.63) is 29.8 Å². The van der Waals surface area contributed by atoms with Crippen LogP contribution in [0.1, 0.15) is 18.5 Å². The predicted octanol–water partition coefficient (Wildman–Crippen LogP) is 2.59. The van der Waals surface area contributed by atoms with Gasteiger partial charge in [0, 0.05) is 6.61 Å². The Morgan fingerprint density at radius 1 is 1.24 bits per heavy atom. The van der Waals surface area contributed by atoms with Crippen LogP contribution in [0.15, 0.2) is 24.3 Å². The molecule has 1 atom stereocenters. The molecule has 0 saturated carbocycles. The number of hydrogen-bond donors (Lipinski definition) is 1. The van der Waals surface area contributed by atoms with Crippen LogP contribution in [0.4, 0.5) is 8.78 Å². The zero-order valence-corrected chi connectivity index (χ0v) is 9.95. The predicted molar refractivity (Wildman–Crippen MR) is 61.4 cm³/mol. The summed E-state index contributed by atoms with van der Waals surface area (Å²) < 4.78 is 33.5. The minimum absolute atomic E-state index is 0.0514. The Bertz CT molecular complexity index is 317. The molecule has 0 amide bonds. The van der Waals surface area contributed by atoms with Crippen molar-refractivity contribution < 1.29 is 18.3 Å². The highest BCUT2D eigenvalue weighted by Gasteiger charge is 2.10. The summed E-state index contributed by atoms with van der Waals surface area (Å²) >= 11 is 0. The molecule has 96 valence electrons. The minimum atomic E-state index is -2.79. The second kappa shape index (κ2) is 7.19. The van der Waals surface area contributed by atoms with Crippen molar-refractivity contribution >= 4 is 0 Å². The quantitative estimate of drug-likeness (QED) is 0.801. The Morgan fingerprint density at radius 2 is 1.88 bits per heavy atom. The molecule has 1 N–H and O–H groups in total. The number of hydrogen-bond acceptors (Lipinski definition) is 3. The fraction of sp³-hybridized carbons (Fsp3) is 0.500. The van der Waals surface area contributed by atoms with E-state index >= 15 is 0 Å². The highest BCUT2D eigenvalue weighted by atomic mass is 19.3. The standard InChI is InChI=1S/C12H17F2NO2/c1-3-16-8-11(15-2)9-4-6-10(7-5-9)17-12(13)14/h4-7,11-12,15H,3,8H2,1-2H3. The zero-order chi connectivity index (χ0) is 12.7. The number of nitrogens with one attached hydrogen (secondary N) is 1. The average Bonchev–Trinajstić information content (AvgIpc) is 2.31. The van der Waals surface area contributed by atoms with E-state index in [2.05, 4.69) is 10.1 Å². The maximum absolute atomic E-state index is 12.0. The lowest BCUT2D eigenvalue weighted by Crippen LogP contribution is -2.21. The Balaban J connectivity index is 2.64. The largest absolute Gasteiger partial charge is 0.435 e. The molecular formula is C12H17F2NO2. The van der Waals surface area contributed by atoms with Gasteiger partial charge in [0.1, 0.15) is 5.75 Å². The molecule has 0 aliphatic carbocycles. The van der Waals surface area contributed by atoms with E-state index in [4.69, 9.17) is 4.74 Å². The van der Waals surface area contributed by atoms with E-state index in [-0.39, 0.29) is 11.8 Å². The third-order valence-corrected chi connectivity index (χ3v) is 2.34. The molecule has 0 heterocycles. The summed E-state index contributed by atoms with van der Waals surface area (Å²) in [5.74, 6) is 0.162. The summed E-state index contributed by atoms with van der Waals surface area (Å²) in [7, 11) is 1.83. The molecule has 0 saturated heterocycles. The van der Waals surface area contributed by atoms with Crippen molar-refractivity contribution in [3.63, 3.8) is 0 Å². The number of benzene rings is 1. The van der Waals surface area contributed by atoms with Crippen LogP contribution >= 0.6 is 0 Å². The van der Waals surface area contributed by atoms with Crippen LogP contribution in [-0.2, 0) is 4.74 Å². The summed E-state index contributed by atoms with van der Waals surface area (Å²) in [6.07, 6.45) is 0. The lowest BCUT2D eigenvalue weighted by Gasteiger charge is -2.16. The van der Waals surface area contributed by atoms with Gasteiger partial charge in [-0.2, -0.15) is 8.78 Å². The molecule has 0 aliphatic heterocycles. The molecular weight excluding hydrogens is 228 g/mol. The number of likely N-dealkylation sites (N-methyl/N-ethyl adjacent to an activating group) is 1. The molecule has 17 heavy (non-hydrogen) atoms. The summed E-state index contributed by atoms with van der Waals surface area (Å²) in [5, 5.41) is 3.10. The maximum atomic E-state index is 12.0. The first-order chi connectivity index (χ1) is 8.17. The number of alkyl halides is 2. The fourth-order valence-corrected chi connectivity index (χ4v) is 1.46. The van der Waals surface area contributed by atoms with Gasteiger partial charge in [-0.3, -0.25) is 0 Å². The topological polar surface area (TPSA) is 30.5 Å². The first-order valence-electron chi connectivity index (χ1n) is 5.47. The van der Waals surface area contributed by atoms with Gasteiger partial charge in [0.25, 0.3) is 0 Å². The van der Waals surface area contributed by atoms with Gasteiger partial charge < -0.3 is 14.8 Å². The van der Waals surface area contributed by atoms with Gasteiger partial charge in [-0.25, -0.2) is 0 Å². The van der Waals surface area contributed by atoms with Crippen molar-refractivity contribution in [1.29, 1.82) is 0 Å². The smallest absolute Gasteiger partial charge is 0.387 e. The average molecular weight is 245 g/mol. The third-order valence-electron chi connectivity index (χ3n) is 2.34. The van der Waals surface area contributed by atoms with Crippen LogP contribution in [0.3, 0.4) is 0 Å². The molecule has 0 spiro atoms. The Hall–Kier alpha value is -1.20. The van der Waals surface area contributed by atoms with E-state index in [1.54, 1.807) is 12.1 Å². The van der Waals surface area contributed by atoms with Gasteiger partial charge in [0.05, 0.1) is 12.6 Å². The fourth-order valence-electron chi connectivity index (χ4n) is 1.46. The highest BCUT2D eigenvalue weighted by Crippen LogP contribution is 2.19. The first kappa shape index (κ1) is 13.9. The maximum Gasteiger partial charge on any atom is 0.387 e. The monoisotopic (exact) mass is 245 g/mol. The van der Waals surface area contributed by atoms with E-state index < -0.39 is 6.61 Å². The third kappa shape index (κ3) is 4.66. The minimum Gasteiger partial charge on any atom is -0.435 e. The molecule has 0 bridgehead atoms. The normalized spacial score (nSPS) is 12.8. The molecule has 1 aromatic rings. The van der Waals surface area contributed by atoms with E-state index in [1.165, 1.54) is 12.1 Å². The second-order valence-electron chi connectivity index (χ2n) is 3.45. The van der Waals surface area contributed by atoms with E-state index in [0.717, 1.165) is 5.56 Å².